The molecule has 0 atom stereocenters. The topological polar surface area (TPSA) is 106 Å². The number of nitrogens with one attached hydrogen (secondary N) is 1. The van der Waals surface area contributed by atoms with Gasteiger partial charge in [-0.3, -0.25) is 4.72 Å². The van der Waals surface area contributed by atoms with E-state index >= 15 is 0 Å². The van der Waals surface area contributed by atoms with Gasteiger partial charge in [0.05, 0.1) is 22.3 Å². The predicted molar refractivity (Wildman–Crippen MR) is 94.9 cm³/mol. The number of aromatic nitrogens is 1. The fourth-order valence-electron chi connectivity index (χ4n) is 2.16. The molecule has 3 aromatic rings. The van der Waals surface area contributed by atoms with Crippen LogP contribution < -0.4 is 9.46 Å². The molecule has 1 aromatic heterocycles. The summed E-state index contributed by atoms with van der Waals surface area (Å²) in [5, 5.41) is 8.92. The number of carbonyl (C=O) groups is 1. The third-order valence-electron chi connectivity index (χ3n) is 3.43. The van der Waals surface area contributed by atoms with Crippen LogP contribution in [0.15, 0.2) is 71.8 Å². The van der Waals surface area contributed by atoms with Crippen LogP contribution in [0.4, 0.5) is 10.1 Å². The number of carboxylic acids is 1. The van der Waals surface area contributed by atoms with Crippen LogP contribution in [-0.2, 0) is 10.0 Å². The van der Waals surface area contributed by atoms with Gasteiger partial charge in [0.2, 0.25) is 5.88 Å². The van der Waals surface area contributed by atoms with Crippen LogP contribution in [0.2, 0.25) is 0 Å². The van der Waals surface area contributed by atoms with Gasteiger partial charge in [0, 0.05) is 6.07 Å². The van der Waals surface area contributed by atoms with Crippen molar-refractivity contribution in [1.82, 2.24) is 4.98 Å². The second-order valence-corrected chi connectivity index (χ2v) is 7.03. The number of halogens is 1. The Morgan fingerprint density at radius 3 is 2.44 bits per heavy atom. The van der Waals surface area contributed by atoms with Crippen LogP contribution >= 0.6 is 0 Å². The molecule has 0 aliphatic heterocycles. The number of pyridine rings is 1. The first kappa shape index (κ1) is 18.3. The molecule has 0 bridgehead atoms. The summed E-state index contributed by atoms with van der Waals surface area (Å²) >= 11 is 0. The Hall–Kier alpha value is -3.46. The zero-order chi connectivity index (χ0) is 19.4. The van der Waals surface area contributed by atoms with Crippen molar-refractivity contribution in [2.75, 3.05) is 4.72 Å². The lowest BCUT2D eigenvalue weighted by molar-refractivity contribution is 0.0691. The molecule has 0 spiro atoms. The summed E-state index contributed by atoms with van der Waals surface area (Å²) in [6.07, 6.45) is 1.25. The molecule has 0 saturated heterocycles. The molecule has 0 fully saturated rings. The highest BCUT2D eigenvalue weighted by Gasteiger charge is 2.19. The highest BCUT2D eigenvalue weighted by Crippen LogP contribution is 2.22. The number of aromatic carboxylic acids is 1. The summed E-state index contributed by atoms with van der Waals surface area (Å²) in [6.45, 7) is 0. The number of sulfonamides is 1. The van der Waals surface area contributed by atoms with E-state index in [4.69, 9.17) is 9.84 Å². The van der Waals surface area contributed by atoms with Gasteiger partial charge in [-0.25, -0.2) is 22.6 Å². The third-order valence-corrected chi connectivity index (χ3v) is 4.81. The Kier molecular flexibility index (Phi) is 5.04. The Balaban J connectivity index is 1.78. The Morgan fingerprint density at radius 2 is 1.81 bits per heavy atom. The number of hydrogen-bond acceptors (Lipinski definition) is 5. The monoisotopic (exact) mass is 388 g/mol. The van der Waals surface area contributed by atoms with Gasteiger partial charge in [-0.1, -0.05) is 18.2 Å². The SMILES string of the molecule is O=C(O)c1cc(S(=O)(=O)Nc2ccc(Oc3ccccc3)nc2)ccc1F. The third kappa shape index (κ3) is 4.39. The van der Waals surface area contributed by atoms with Crippen molar-refractivity contribution in [2.45, 2.75) is 4.90 Å². The first-order valence-corrected chi connectivity index (χ1v) is 9.08. The fraction of sp³-hybridized carbons (Fsp3) is 0. The zero-order valence-corrected chi connectivity index (χ0v) is 14.5. The molecule has 0 aliphatic carbocycles. The molecule has 138 valence electrons. The maximum atomic E-state index is 13.4. The normalized spacial score (nSPS) is 11.0. The summed E-state index contributed by atoms with van der Waals surface area (Å²) in [7, 11) is -4.12. The molecule has 0 saturated carbocycles. The first-order chi connectivity index (χ1) is 12.8. The molecule has 2 N–H and O–H groups in total. The first-order valence-electron chi connectivity index (χ1n) is 7.60. The lowest BCUT2D eigenvalue weighted by Gasteiger charge is -2.10. The zero-order valence-electron chi connectivity index (χ0n) is 13.7. The van der Waals surface area contributed by atoms with Crippen LogP contribution in [0.25, 0.3) is 0 Å². The molecule has 2 aromatic carbocycles. The molecule has 0 aliphatic rings. The van der Waals surface area contributed by atoms with Crippen LogP contribution in [-0.4, -0.2) is 24.5 Å². The van der Waals surface area contributed by atoms with Crippen LogP contribution in [0.5, 0.6) is 11.6 Å². The average molecular weight is 388 g/mol. The van der Waals surface area contributed by atoms with Crippen molar-refractivity contribution in [2.24, 2.45) is 0 Å². The molecule has 0 radical (unpaired) electrons. The van der Waals surface area contributed by atoms with E-state index in [1.54, 1.807) is 24.3 Å². The lowest BCUT2D eigenvalue weighted by Crippen LogP contribution is -2.14. The van der Waals surface area contributed by atoms with Gasteiger partial charge in [0.1, 0.15) is 11.6 Å². The quantitative estimate of drug-likeness (QED) is 0.669. The van der Waals surface area contributed by atoms with E-state index < -0.39 is 27.4 Å². The molecular weight excluding hydrogens is 375 g/mol. The molecule has 7 nitrogen and oxygen atoms in total. The number of para-hydroxylation sites is 1. The van der Waals surface area contributed by atoms with Crippen molar-refractivity contribution < 1.29 is 27.4 Å². The van der Waals surface area contributed by atoms with Crippen LogP contribution in [0.3, 0.4) is 0 Å². The molecule has 3 rings (SSSR count). The minimum atomic E-state index is -4.12. The summed E-state index contributed by atoms with van der Waals surface area (Å²) in [4.78, 5) is 14.6. The predicted octanol–water partition coefficient (Wildman–Crippen LogP) is 3.51. The van der Waals surface area contributed by atoms with Gasteiger partial charge >= 0.3 is 5.97 Å². The summed E-state index contributed by atoms with van der Waals surface area (Å²) in [5.74, 6) is -1.75. The molecule has 9 heteroatoms. The minimum Gasteiger partial charge on any atom is -0.478 e. The minimum absolute atomic E-state index is 0.136. The number of carboxylic acid groups (broad SMARTS) is 1. The van der Waals surface area contributed by atoms with E-state index in [2.05, 4.69) is 9.71 Å². The molecular formula is C18H13FN2O5S. The summed E-state index contributed by atoms with van der Waals surface area (Å²) in [6, 6.07) is 14.3. The van der Waals surface area contributed by atoms with Gasteiger partial charge in [-0.2, -0.15) is 0 Å². The van der Waals surface area contributed by atoms with Gasteiger partial charge in [0.25, 0.3) is 10.0 Å². The van der Waals surface area contributed by atoms with E-state index in [1.807, 2.05) is 6.07 Å². The van der Waals surface area contributed by atoms with Crippen molar-refractivity contribution in [3.8, 4) is 11.6 Å². The summed E-state index contributed by atoms with van der Waals surface area (Å²) in [5.41, 5.74) is -0.598. The van der Waals surface area contributed by atoms with Gasteiger partial charge < -0.3 is 9.84 Å². The van der Waals surface area contributed by atoms with E-state index in [9.17, 15) is 17.6 Å². The van der Waals surface area contributed by atoms with E-state index in [-0.39, 0.29) is 16.5 Å². The smallest absolute Gasteiger partial charge is 0.338 e. The maximum Gasteiger partial charge on any atom is 0.338 e. The average Bonchev–Trinajstić information content (AvgIpc) is 2.64. The summed E-state index contributed by atoms with van der Waals surface area (Å²) < 4.78 is 46.0. The molecule has 27 heavy (non-hydrogen) atoms. The molecule has 0 unspecified atom stereocenters. The molecule has 0 amide bonds. The maximum absolute atomic E-state index is 13.4. The number of hydrogen-bond donors (Lipinski definition) is 2. The highest BCUT2D eigenvalue weighted by atomic mass is 32.2. The van der Waals surface area contributed by atoms with Crippen molar-refractivity contribution in [1.29, 1.82) is 0 Å². The van der Waals surface area contributed by atoms with Crippen LogP contribution in [0.1, 0.15) is 10.4 Å². The van der Waals surface area contributed by atoms with Crippen molar-refractivity contribution >= 4 is 21.7 Å². The Bertz CT molecular complexity index is 1070. The number of anilines is 1. The van der Waals surface area contributed by atoms with Crippen molar-refractivity contribution in [3.05, 3.63) is 78.2 Å². The van der Waals surface area contributed by atoms with Gasteiger partial charge in [-0.15, -0.1) is 0 Å². The van der Waals surface area contributed by atoms with Gasteiger partial charge in [-0.05, 0) is 36.4 Å². The fourth-order valence-corrected chi connectivity index (χ4v) is 3.23. The van der Waals surface area contributed by atoms with Crippen molar-refractivity contribution in [3.63, 3.8) is 0 Å². The van der Waals surface area contributed by atoms with Crippen LogP contribution in [0, 0.1) is 5.82 Å². The number of nitrogens with zero attached hydrogens (tertiary/aromatic N) is 1. The van der Waals surface area contributed by atoms with E-state index in [0.717, 1.165) is 18.2 Å². The largest absolute Gasteiger partial charge is 0.478 e. The highest BCUT2D eigenvalue weighted by molar-refractivity contribution is 7.92. The second kappa shape index (κ2) is 7.42. The van der Waals surface area contributed by atoms with Gasteiger partial charge in [0.15, 0.2) is 0 Å². The Labute approximate surface area is 154 Å². The number of ether oxygens (including phenoxy) is 1. The number of benzene rings is 2. The van der Waals surface area contributed by atoms with E-state index in [0.29, 0.717) is 5.75 Å². The van der Waals surface area contributed by atoms with E-state index in [1.165, 1.54) is 18.3 Å². The lowest BCUT2D eigenvalue weighted by atomic mass is 10.2. The standard InChI is InChI=1S/C18H13FN2O5S/c19-16-8-7-14(10-15(16)18(22)23)27(24,25)21-12-6-9-17(20-11-12)26-13-4-2-1-3-5-13/h1-11,21H,(H,22,23). The Morgan fingerprint density at radius 1 is 1.07 bits per heavy atom. The molecule has 1 heterocycles. The second-order valence-electron chi connectivity index (χ2n) is 5.35. The number of rotatable bonds is 6.